The van der Waals surface area contributed by atoms with Crippen LogP contribution in [0.25, 0.3) is 0 Å². The van der Waals surface area contributed by atoms with Gasteiger partial charge in [-0.3, -0.25) is 15.0 Å². The molecule has 32 heavy (non-hydrogen) atoms. The molecule has 2 saturated heterocycles. The third-order valence-corrected chi connectivity index (χ3v) is 6.32. The SMILES string of the molecule is CN/C(=C1/NCN(CC2(O)CCN(C(=O)CCc3ccccc3)CC2)C(=O)C1=N)C(C)C. The molecule has 0 bridgehead atoms. The third-order valence-electron chi connectivity index (χ3n) is 6.32. The molecule has 0 atom stereocenters. The number of nitrogens with zero attached hydrogens (tertiary/aromatic N) is 2. The van der Waals surface area contributed by atoms with Crippen molar-refractivity contribution in [1.82, 2.24) is 20.4 Å². The van der Waals surface area contributed by atoms with Gasteiger partial charge in [0, 0.05) is 32.3 Å². The van der Waals surface area contributed by atoms with E-state index in [1.165, 1.54) is 4.90 Å². The highest BCUT2D eigenvalue weighted by molar-refractivity contribution is 6.44. The van der Waals surface area contributed by atoms with Crippen molar-refractivity contribution in [3.8, 4) is 0 Å². The fourth-order valence-electron chi connectivity index (χ4n) is 4.40. The van der Waals surface area contributed by atoms with E-state index in [4.69, 9.17) is 5.41 Å². The van der Waals surface area contributed by atoms with Crippen LogP contribution >= 0.6 is 0 Å². The normalized spacial score (nSPS) is 20.3. The van der Waals surface area contributed by atoms with Crippen LogP contribution in [-0.4, -0.2) is 71.4 Å². The molecule has 1 aromatic rings. The van der Waals surface area contributed by atoms with Crippen LogP contribution in [0, 0.1) is 11.3 Å². The van der Waals surface area contributed by atoms with Gasteiger partial charge in [0.25, 0.3) is 5.91 Å². The number of piperidine rings is 1. The molecule has 0 spiro atoms. The molecule has 0 unspecified atom stereocenters. The lowest BCUT2D eigenvalue weighted by Gasteiger charge is -2.42. The van der Waals surface area contributed by atoms with Crippen molar-refractivity contribution >= 4 is 17.5 Å². The third kappa shape index (κ3) is 5.48. The maximum Gasteiger partial charge on any atom is 0.275 e. The molecular weight excluding hydrogens is 406 g/mol. The molecule has 0 aliphatic carbocycles. The zero-order valence-corrected chi connectivity index (χ0v) is 19.3. The lowest BCUT2D eigenvalue weighted by atomic mass is 9.90. The predicted molar refractivity (Wildman–Crippen MR) is 124 cm³/mol. The summed E-state index contributed by atoms with van der Waals surface area (Å²) in [5.41, 5.74) is 1.34. The van der Waals surface area contributed by atoms with Crippen molar-refractivity contribution in [1.29, 1.82) is 5.41 Å². The van der Waals surface area contributed by atoms with Crippen molar-refractivity contribution in [2.24, 2.45) is 5.92 Å². The van der Waals surface area contributed by atoms with Gasteiger partial charge in [0.2, 0.25) is 5.91 Å². The van der Waals surface area contributed by atoms with Crippen molar-refractivity contribution in [3.05, 3.63) is 47.3 Å². The molecular formula is C24H35N5O3. The van der Waals surface area contributed by atoms with Gasteiger partial charge in [-0.1, -0.05) is 44.2 Å². The highest BCUT2D eigenvalue weighted by Gasteiger charge is 2.39. The first-order valence-corrected chi connectivity index (χ1v) is 11.3. The Morgan fingerprint density at radius 1 is 1.25 bits per heavy atom. The molecule has 8 heteroatoms. The quantitative estimate of drug-likeness (QED) is 0.512. The molecule has 0 radical (unpaired) electrons. The molecule has 2 aliphatic heterocycles. The second-order valence-electron chi connectivity index (χ2n) is 9.00. The number of aryl methyl sites for hydroxylation is 1. The second-order valence-corrected chi connectivity index (χ2v) is 9.00. The summed E-state index contributed by atoms with van der Waals surface area (Å²) < 4.78 is 0. The van der Waals surface area contributed by atoms with E-state index in [9.17, 15) is 14.7 Å². The molecule has 2 aliphatic rings. The van der Waals surface area contributed by atoms with Crippen LogP contribution in [0.2, 0.25) is 0 Å². The summed E-state index contributed by atoms with van der Waals surface area (Å²) in [7, 11) is 1.78. The number of allylic oxidation sites excluding steroid dienone is 1. The van der Waals surface area contributed by atoms with Crippen molar-refractivity contribution in [2.75, 3.05) is 33.4 Å². The number of amides is 2. The number of nitrogens with one attached hydrogen (secondary N) is 3. The van der Waals surface area contributed by atoms with E-state index in [0.29, 0.717) is 44.5 Å². The maximum absolute atomic E-state index is 12.8. The molecule has 2 fully saturated rings. The molecule has 0 saturated carbocycles. The van der Waals surface area contributed by atoms with Crippen molar-refractivity contribution in [2.45, 2.75) is 45.1 Å². The van der Waals surface area contributed by atoms with E-state index in [-0.39, 0.29) is 36.7 Å². The van der Waals surface area contributed by atoms with E-state index in [1.54, 1.807) is 11.9 Å². The molecule has 2 amide bonds. The molecule has 4 N–H and O–H groups in total. The first kappa shape index (κ1) is 23.8. The Bertz CT molecular complexity index is 873. The average Bonchev–Trinajstić information content (AvgIpc) is 2.78. The zero-order chi connectivity index (χ0) is 23.3. The van der Waals surface area contributed by atoms with Crippen LogP contribution in [0.3, 0.4) is 0 Å². The number of carbonyl (C=O) groups is 2. The van der Waals surface area contributed by atoms with Crippen LogP contribution in [0.15, 0.2) is 41.7 Å². The molecule has 2 heterocycles. The molecule has 1 aromatic carbocycles. The van der Waals surface area contributed by atoms with Crippen LogP contribution in [0.5, 0.6) is 0 Å². The highest BCUT2D eigenvalue weighted by Crippen LogP contribution is 2.25. The van der Waals surface area contributed by atoms with E-state index >= 15 is 0 Å². The van der Waals surface area contributed by atoms with E-state index in [2.05, 4.69) is 10.6 Å². The van der Waals surface area contributed by atoms with E-state index < -0.39 is 5.60 Å². The number of β-amino-alcohol motifs (C(OH)–C–C–N with tert-alkyl or cyclic N) is 1. The predicted octanol–water partition coefficient (Wildman–Crippen LogP) is 1.47. The molecule has 0 aromatic heterocycles. The summed E-state index contributed by atoms with van der Waals surface area (Å²) in [5.74, 6) is -0.145. The Morgan fingerprint density at radius 3 is 2.50 bits per heavy atom. The van der Waals surface area contributed by atoms with Crippen molar-refractivity contribution < 1.29 is 14.7 Å². The number of hydrogen-bond acceptors (Lipinski definition) is 6. The fraction of sp³-hybridized carbons (Fsp3) is 0.542. The van der Waals surface area contributed by atoms with Crippen LogP contribution in [0.1, 0.15) is 38.7 Å². The number of benzene rings is 1. The monoisotopic (exact) mass is 441 g/mol. The maximum atomic E-state index is 12.8. The van der Waals surface area contributed by atoms with E-state index in [0.717, 1.165) is 11.3 Å². The minimum Gasteiger partial charge on any atom is -0.389 e. The van der Waals surface area contributed by atoms with Gasteiger partial charge in [-0.25, -0.2) is 0 Å². The van der Waals surface area contributed by atoms with Crippen LogP contribution < -0.4 is 10.6 Å². The Labute approximate surface area is 190 Å². The van der Waals surface area contributed by atoms with Crippen LogP contribution in [-0.2, 0) is 16.0 Å². The van der Waals surface area contributed by atoms with Crippen LogP contribution in [0.4, 0.5) is 0 Å². The fourth-order valence-corrected chi connectivity index (χ4v) is 4.40. The molecule has 174 valence electrons. The van der Waals surface area contributed by atoms with Gasteiger partial charge in [0.15, 0.2) is 0 Å². The summed E-state index contributed by atoms with van der Waals surface area (Å²) in [4.78, 5) is 28.7. The number of carbonyl (C=O) groups excluding carboxylic acids is 2. The highest BCUT2D eigenvalue weighted by atomic mass is 16.3. The number of hydrogen-bond donors (Lipinski definition) is 4. The standard InChI is InChI=1S/C24H35N5O3/c1-17(2)21(26-3)22-20(25)23(31)29(16-27-22)15-24(32)11-13-28(14-12-24)19(30)10-9-18-7-5-4-6-8-18/h4-8,17,25-27,32H,9-16H2,1-3H3/b22-21+,25-20?. The summed E-state index contributed by atoms with van der Waals surface area (Å²) in [6.45, 7) is 5.34. The lowest BCUT2D eigenvalue weighted by molar-refractivity contribution is -0.139. The smallest absolute Gasteiger partial charge is 0.275 e. The Morgan fingerprint density at radius 2 is 1.91 bits per heavy atom. The van der Waals surface area contributed by atoms with Crippen molar-refractivity contribution in [3.63, 3.8) is 0 Å². The summed E-state index contributed by atoms with van der Waals surface area (Å²) >= 11 is 0. The van der Waals surface area contributed by atoms with Gasteiger partial charge < -0.3 is 25.5 Å². The first-order chi connectivity index (χ1) is 15.2. The summed E-state index contributed by atoms with van der Waals surface area (Å²) in [6.07, 6.45) is 1.99. The summed E-state index contributed by atoms with van der Waals surface area (Å²) in [6, 6.07) is 9.94. The first-order valence-electron chi connectivity index (χ1n) is 11.3. The second kappa shape index (κ2) is 10.2. The minimum atomic E-state index is -1.06. The van der Waals surface area contributed by atoms with Gasteiger partial charge in [0.1, 0.15) is 5.71 Å². The Hall–Kier alpha value is -2.87. The topological polar surface area (TPSA) is 109 Å². The minimum absolute atomic E-state index is 0.0913. The van der Waals surface area contributed by atoms with Gasteiger partial charge in [-0.2, -0.15) is 0 Å². The zero-order valence-electron chi connectivity index (χ0n) is 19.3. The van der Waals surface area contributed by atoms with Gasteiger partial charge >= 0.3 is 0 Å². The average molecular weight is 442 g/mol. The Kier molecular flexibility index (Phi) is 7.56. The largest absolute Gasteiger partial charge is 0.389 e. The van der Waals surface area contributed by atoms with Gasteiger partial charge in [-0.15, -0.1) is 0 Å². The molecule has 3 rings (SSSR count). The lowest BCUT2D eigenvalue weighted by Crippen LogP contribution is -2.58. The Balaban J connectivity index is 1.53. The number of likely N-dealkylation sites (tertiary alicyclic amines) is 1. The van der Waals surface area contributed by atoms with Gasteiger partial charge in [0.05, 0.1) is 24.5 Å². The summed E-state index contributed by atoms with van der Waals surface area (Å²) in [5, 5.41) is 25.7. The van der Waals surface area contributed by atoms with Gasteiger partial charge in [-0.05, 0) is 30.7 Å². The number of rotatable bonds is 7. The van der Waals surface area contributed by atoms with E-state index in [1.807, 2.05) is 44.2 Å². The number of aliphatic hydroxyl groups is 1. The molecule has 8 nitrogen and oxygen atoms in total.